The van der Waals surface area contributed by atoms with E-state index in [0.717, 1.165) is 29.8 Å². The van der Waals surface area contributed by atoms with Crippen molar-refractivity contribution in [2.45, 2.75) is 13.3 Å². The zero-order valence-corrected chi connectivity index (χ0v) is 11.4. The van der Waals surface area contributed by atoms with Crippen molar-refractivity contribution >= 4 is 27.7 Å². The Kier molecular flexibility index (Phi) is 4.12. The Morgan fingerprint density at radius 1 is 1.65 bits per heavy atom. The minimum absolute atomic E-state index is 0.0976. The number of pyridine rings is 1. The highest BCUT2D eigenvalue weighted by molar-refractivity contribution is 9.10. The highest BCUT2D eigenvalue weighted by Crippen LogP contribution is 2.19. The highest BCUT2D eigenvalue weighted by atomic mass is 79.9. The van der Waals surface area contributed by atoms with Gasteiger partial charge in [0.25, 0.3) is 0 Å². The van der Waals surface area contributed by atoms with Crippen LogP contribution in [-0.4, -0.2) is 30.5 Å². The first kappa shape index (κ1) is 12.5. The van der Waals surface area contributed by atoms with Gasteiger partial charge < -0.3 is 5.32 Å². The molecule has 0 unspecified atom stereocenters. The first-order valence-electron chi connectivity index (χ1n) is 5.86. The number of anilines is 1. The molecule has 0 saturated carbocycles. The first-order valence-corrected chi connectivity index (χ1v) is 6.65. The van der Waals surface area contributed by atoms with Gasteiger partial charge in [0.1, 0.15) is 5.82 Å². The maximum Gasteiger partial charge on any atom is 0.232 e. The minimum Gasteiger partial charge on any atom is -0.316 e. The summed E-state index contributed by atoms with van der Waals surface area (Å²) in [5.41, 5.74) is 0. The van der Waals surface area contributed by atoms with Gasteiger partial charge in [-0.05, 0) is 48.0 Å². The van der Waals surface area contributed by atoms with Gasteiger partial charge in [-0.1, -0.05) is 0 Å². The molecule has 0 aliphatic carbocycles. The van der Waals surface area contributed by atoms with E-state index in [9.17, 15) is 4.79 Å². The van der Waals surface area contributed by atoms with E-state index in [1.54, 1.807) is 11.1 Å². The van der Waals surface area contributed by atoms with Gasteiger partial charge in [-0.15, -0.1) is 0 Å². The van der Waals surface area contributed by atoms with Crippen LogP contribution in [0.4, 0.5) is 5.82 Å². The molecule has 4 nitrogen and oxygen atoms in total. The second kappa shape index (κ2) is 5.60. The van der Waals surface area contributed by atoms with Gasteiger partial charge in [0.15, 0.2) is 0 Å². The lowest BCUT2D eigenvalue weighted by molar-refractivity contribution is -0.121. The predicted molar refractivity (Wildman–Crippen MR) is 70.9 cm³/mol. The lowest BCUT2D eigenvalue weighted by atomic mass is 10.1. The molecule has 5 heteroatoms. The monoisotopic (exact) mass is 297 g/mol. The smallest absolute Gasteiger partial charge is 0.232 e. The van der Waals surface area contributed by atoms with Crippen molar-refractivity contribution in [2.24, 2.45) is 5.92 Å². The molecule has 1 aromatic heterocycles. The zero-order chi connectivity index (χ0) is 12.3. The summed E-state index contributed by atoms with van der Waals surface area (Å²) in [6.45, 7) is 4.35. The zero-order valence-electron chi connectivity index (χ0n) is 9.82. The molecule has 1 amide bonds. The highest BCUT2D eigenvalue weighted by Gasteiger charge is 2.27. The second-order valence-corrected chi connectivity index (χ2v) is 5.02. The average molecular weight is 298 g/mol. The van der Waals surface area contributed by atoms with Crippen LogP contribution in [0.2, 0.25) is 0 Å². The molecule has 1 aliphatic heterocycles. The molecule has 1 aliphatic rings. The SMILES string of the molecule is CCN(C(=O)[C@@H]1CCNC1)c1ccc(Br)cn1. The third-order valence-corrected chi connectivity index (χ3v) is 3.45. The van der Waals surface area contributed by atoms with Gasteiger partial charge in [-0.25, -0.2) is 4.98 Å². The Labute approximate surface area is 110 Å². The molecule has 1 saturated heterocycles. The summed E-state index contributed by atoms with van der Waals surface area (Å²) in [6, 6.07) is 3.78. The van der Waals surface area contributed by atoms with E-state index in [2.05, 4.69) is 26.2 Å². The molecule has 2 heterocycles. The van der Waals surface area contributed by atoms with E-state index < -0.39 is 0 Å². The largest absolute Gasteiger partial charge is 0.316 e. The summed E-state index contributed by atoms with van der Waals surface area (Å²) < 4.78 is 0.923. The van der Waals surface area contributed by atoms with Gasteiger partial charge in [0.2, 0.25) is 5.91 Å². The van der Waals surface area contributed by atoms with Crippen LogP contribution in [0.1, 0.15) is 13.3 Å². The topological polar surface area (TPSA) is 45.2 Å². The van der Waals surface area contributed by atoms with Crippen LogP contribution in [-0.2, 0) is 4.79 Å². The Bertz CT molecular complexity index is 387. The van der Waals surface area contributed by atoms with Gasteiger partial charge in [0.05, 0.1) is 5.92 Å². The number of hydrogen-bond acceptors (Lipinski definition) is 3. The van der Waals surface area contributed by atoms with Crippen LogP contribution in [0.5, 0.6) is 0 Å². The number of hydrogen-bond donors (Lipinski definition) is 1. The van der Waals surface area contributed by atoms with Crippen LogP contribution >= 0.6 is 15.9 Å². The molecule has 0 spiro atoms. The van der Waals surface area contributed by atoms with Crippen molar-refractivity contribution in [1.29, 1.82) is 0 Å². The number of nitrogens with one attached hydrogen (secondary N) is 1. The molecule has 0 bridgehead atoms. The molecule has 92 valence electrons. The number of nitrogens with zero attached hydrogens (tertiary/aromatic N) is 2. The standard InChI is InChI=1S/C12H16BrN3O/c1-2-16(11-4-3-10(13)8-15-11)12(17)9-5-6-14-7-9/h3-4,8-9,14H,2,5-7H2,1H3/t9-/m1/s1. The van der Waals surface area contributed by atoms with E-state index in [1.165, 1.54) is 0 Å². The van der Waals surface area contributed by atoms with E-state index in [-0.39, 0.29) is 11.8 Å². The fourth-order valence-corrected chi connectivity index (χ4v) is 2.28. The van der Waals surface area contributed by atoms with E-state index in [4.69, 9.17) is 0 Å². The van der Waals surface area contributed by atoms with Gasteiger partial charge in [-0.2, -0.15) is 0 Å². The molecule has 2 rings (SSSR count). The summed E-state index contributed by atoms with van der Waals surface area (Å²) in [5, 5.41) is 3.22. The van der Waals surface area contributed by atoms with Crippen LogP contribution < -0.4 is 10.2 Å². The van der Waals surface area contributed by atoms with Crippen molar-refractivity contribution in [2.75, 3.05) is 24.5 Å². The Morgan fingerprint density at radius 3 is 3.00 bits per heavy atom. The van der Waals surface area contributed by atoms with E-state index >= 15 is 0 Å². The molecule has 1 fully saturated rings. The fraction of sp³-hybridized carbons (Fsp3) is 0.500. The van der Waals surface area contributed by atoms with E-state index in [1.807, 2.05) is 19.1 Å². The molecular formula is C12H16BrN3O. The molecule has 0 radical (unpaired) electrons. The van der Waals surface area contributed by atoms with Crippen molar-refractivity contribution in [3.05, 3.63) is 22.8 Å². The predicted octanol–water partition coefficient (Wildman–Crippen LogP) is 1.81. The summed E-state index contributed by atoms with van der Waals surface area (Å²) >= 11 is 3.34. The van der Waals surface area contributed by atoms with Gasteiger partial charge in [0, 0.05) is 23.8 Å². The third-order valence-electron chi connectivity index (χ3n) is 2.98. The van der Waals surface area contributed by atoms with E-state index in [0.29, 0.717) is 6.54 Å². The van der Waals surface area contributed by atoms with Crippen LogP contribution in [0.25, 0.3) is 0 Å². The fourth-order valence-electron chi connectivity index (χ4n) is 2.04. The van der Waals surface area contributed by atoms with Crippen molar-refractivity contribution in [3.8, 4) is 0 Å². The summed E-state index contributed by atoms with van der Waals surface area (Å²) in [4.78, 5) is 18.3. The van der Waals surface area contributed by atoms with Gasteiger partial charge in [-0.3, -0.25) is 9.69 Å². The second-order valence-electron chi connectivity index (χ2n) is 4.11. The van der Waals surface area contributed by atoms with Crippen LogP contribution in [0.15, 0.2) is 22.8 Å². The number of rotatable bonds is 3. The quantitative estimate of drug-likeness (QED) is 0.925. The lowest BCUT2D eigenvalue weighted by Crippen LogP contribution is -2.37. The number of carbonyl (C=O) groups is 1. The van der Waals surface area contributed by atoms with Gasteiger partial charge >= 0.3 is 0 Å². The molecule has 1 atom stereocenters. The maximum absolute atomic E-state index is 12.3. The lowest BCUT2D eigenvalue weighted by Gasteiger charge is -2.22. The molecule has 1 aromatic rings. The third kappa shape index (κ3) is 2.84. The van der Waals surface area contributed by atoms with Crippen LogP contribution in [0, 0.1) is 5.92 Å². The number of amides is 1. The molecule has 1 N–H and O–H groups in total. The van der Waals surface area contributed by atoms with Crippen LogP contribution in [0.3, 0.4) is 0 Å². The normalized spacial score (nSPS) is 19.3. The number of carbonyl (C=O) groups excluding carboxylic acids is 1. The number of aromatic nitrogens is 1. The number of halogens is 1. The molecule has 17 heavy (non-hydrogen) atoms. The van der Waals surface area contributed by atoms with Crippen molar-refractivity contribution in [1.82, 2.24) is 10.3 Å². The first-order chi connectivity index (χ1) is 8.22. The summed E-state index contributed by atoms with van der Waals surface area (Å²) in [5.74, 6) is 1.00. The van der Waals surface area contributed by atoms with Crippen molar-refractivity contribution in [3.63, 3.8) is 0 Å². The summed E-state index contributed by atoms with van der Waals surface area (Å²) in [7, 11) is 0. The molecule has 0 aromatic carbocycles. The average Bonchev–Trinajstić information content (AvgIpc) is 2.86. The minimum atomic E-state index is 0.0976. The van der Waals surface area contributed by atoms with Crippen molar-refractivity contribution < 1.29 is 4.79 Å². The Balaban J connectivity index is 2.14. The summed E-state index contributed by atoms with van der Waals surface area (Å²) in [6.07, 6.45) is 2.64. The Morgan fingerprint density at radius 2 is 2.47 bits per heavy atom. The molecular weight excluding hydrogens is 282 g/mol. The maximum atomic E-state index is 12.3. The Hall–Kier alpha value is -0.940.